The summed E-state index contributed by atoms with van der Waals surface area (Å²) in [5.74, 6) is 0.467. The van der Waals surface area contributed by atoms with Crippen LogP contribution >= 0.6 is 12.2 Å². The van der Waals surface area contributed by atoms with E-state index in [0.29, 0.717) is 35.5 Å². The molecular weight excluding hydrogens is 412 g/mol. The molecule has 0 spiro atoms. The standard InChI is InChI=1S/C18H20N6O3S2/c1-2-24-16(21-22-18(24)28)9-12-20-17(25)13-3-5-15(6-4-13)29(26,27)23-14-7-10-19-11-8-14/h3-8,10-11H,2,9,12H2,1H3,(H,19,23)(H,20,25)(H,22,28). The van der Waals surface area contributed by atoms with Crippen molar-refractivity contribution in [3.63, 3.8) is 0 Å². The normalized spacial score (nSPS) is 11.2. The van der Waals surface area contributed by atoms with Crippen LogP contribution in [0.3, 0.4) is 0 Å². The fraction of sp³-hybridized carbons (Fsp3) is 0.222. The van der Waals surface area contributed by atoms with Gasteiger partial charge in [0.05, 0.1) is 10.6 Å². The third-order valence-corrected chi connectivity index (χ3v) is 5.86. The summed E-state index contributed by atoms with van der Waals surface area (Å²) in [4.78, 5) is 16.2. The van der Waals surface area contributed by atoms with E-state index in [-0.39, 0.29) is 10.8 Å². The van der Waals surface area contributed by atoms with Crippen molar-refractivity contribution >= 4 is 33.8 Å². The number of nitrogens with zero attached hydrogens (tertiary/aromatic N) is 3. The van der Waals surface area contributed by atoms with Crippen molar-refractivity contribution in [2.24, 2.45) is 0 Å². The SMILES string of the molecule is CCn1c(CCNC(=O)c2ccc(S(=O)(=O)Nc3ccncc3)cc2)n[nH]c1=S. The first-order valence-electron chi connectivity index (χ1n) is 8.86. The fourth-order valence-corrected chi connectivity index (χ4v) is 4.02. The van der Waals surface area contributed by atoms with Crippen LogP contribution < -0.4 is 10.0 Å². The van der Waals surface area contributed by atoms with Crippen molar-refractivity contribution in [3.8, 4) is 0 Å². The summed E-state index contributed by atoms with van der Waals surface area (Å²) in [6.07, 6.45) is 3.51. The molecule has 0 aliphatic heterocycles. The smallest absolute Gasteiger partial charge is 0.261 e. The van der Waals surface area contributed by atoms with E-state index in [1.807, 2.05) is 11.5 Å². The van der Waals surface area contributed by atoms with Crippen LogP contribution in [0.4, 0.5) is 5.69 Å². The predicted molar refractivity (Wildman–Crippen MR) is 111 cm³/mol. The van der Waals surface area contributed by atoms with E-state index in [4.69, 9.17) is 12.2 Å². The lowest BCUT2D eigenvalue weighted by molar-refractivity contribution is 0.0954. The van der Waals surface area contributed by atoms with E-state index < -0.39 is 10.0 Å². The highest BCUT2D eigenvalue weighted by atomic mass is 32.2. The number of H-pyrrole nitrogens is 1. The molecule has 0 radical (unpaired) electrons. The Morgan fingerprint density at radius 2 is 1.86 bits per heavy atom. The second kappa shape index (κ2) is 8.97. The number of carbonyl (C=O) groups excluding carboxylic acids is 1. The number of benzene rings is 1. The van der Waals surface area contributed by atoms with Gasteiger partial charge < -0.3 is 9.88 Å². The number of rotatable bonds is 8. The minimum absolute atomic E-state index is 0.0596. The molecule has 1 amide bonds. The van der Waals surface area contributed by atoms with Gasteiger partial charge in [-0.1, -0.05) is 0 Å². The van der Waals surface area contributed by atoms with Gasteiger partial charge in [0.2, 0.25) is 0 Å². The molecule has 3 N–H and O–H groups in total. The van der Waals surface area contributed by atoms with Crippen LogP contribution in [0.2, 0.25) is 0 Å². The molecule has 29 heavy (non-hydrogen) atoms. The number of sulfonamides is 1. The Labute approximate surface area is 173 Å². The van der Waals surface area contributed by atoms with Crippen LogP contribution in [0.15, 0.2) is 53.7 Å². The summed E-state index contributed by atoms with van der Waals surface area (Å²) < 4.78 is 29.7. The lowest BCUT2D eigenvalue weighted by atomic mass is 10.2. The van der Waals surface area contributed by atoms with Crippen molar-refractivity contribution in [1.82, 2.24) is 25.1 Å². The molecule has 11 heteroatoms. The number of aromatic nitrogens is 4. The molecule has 152 valence electrons. The van der Waals surface area contributed by atoms with Gasteiger partial charge in [-0.2, -0.15) is 5.10 Å². The van der Waals surface area contributed by atoms with Crippen molar-refractivity contribution in [1.29, 1.82) is 0 Å². The highest BCUT2D eigenvalue weighted by Gasteiger charge is 2.15. The van der Waals surface area contributed by atoms with E-state index in [0.717, 1.165) is 5.82 Å². The number of amides is 1. The zero-order valence-electron chi connectivity index (χ0n) is 15.6. The van der Waals surface area contributed by atoms with Crippen LogP contribution in [0.25, 0.3) is 0 Å². The maximum atomic E-state index is 12.4. The number of carbonyl (C=O) groups is 1. The Morgan fingerprint density at radius 1 is 1.17 bits per heavy atom. The summed E-state index contributed by atoms with van der Waals surface area (Å²) >= 11 is 5.13. The zero-order valence-corrected chi connectivity index (χ0v) is 17.3. The zero-order chi connectivity index (χ0) is 20.9. The van der Waals surface area contributed by atoms with E-state index in [1.54, 1.807) is 12.1 Å². The Balaban J connectivity index is 1.60. The molecule has 2 heterocycles. The average molecular weight is 433 g/mol. The van der Waals surface area contributed by atoms with E-state index in [2.05, 4.69) is 25.2 Å². The number of hydrogen-bond donors (Lipinski definition) is 3. The fourth-order valence-electron chi connectivity index (χ4n) is 2.68. The van der Waals surface area contributed by atoms with Crippen LogP contribution in [0.1, 0.15) is 23.1 Å². The van der Waals surface area contributed by atoms with Crippen LogP contribution in [0, 0.1) is 4.77 Å². The predicted octanol–water partition coefficient (Wildman–Crippen LogP) is 2.13. The third-order valence-electron chi connectivity index (χ3n) is 4.15. The molecule has 0 unspecified atom stereocenters. The molecule has 9 nitrogen and oxygen atoms in total. The molecular formula is C18H20N6O3S2. The Morgan fingerprint density at radius 3 is 2.52 bits per heavy atom. The molecule has 0 saturated heterocycles. The van der Waals surface area contributed by atoms with Gasteiger partial charge in [-0.15, -0.1) is 0 Å². The molecule has 2 aromatic heterocycles. The molecule has 0 bridgehead atoms. The summed E-state index contributed by atoms with van der Waals surface area (Å²) in [7, 11) is -3.75. The Hall–Kier alpha value is -3.05. The van der Waals surface area contributed by atoms with E-state index in [1.165, 1.54) is 36.7 Å². The largest absolute Gasteiger partial charge is 0.352 e. The second-order valence-corrected chi connectivity index (χ2v) is 8.13. The lowest BCUT2D eigenvalue weighted by Gasteiger charge is -2.09. The number of nitrogens with one attached hydrogen (secondary N) is 3. The Kier molecular flexibility index (Phi) is 6.39. The third kappa shape index (κ3) is 5.06. The minimum Gasteiger partial charge on any atom is -0.352 e. The van der Waals surface area contributed by atoms with Gasteiger partial charge >= 0.3 is 0 Å². The molecule has 1 aromatic carbocycles. The lowest BCUT2D eigenvalue weighted by Crippen LogP contribution is -2.26. The van der Waals surface area contributed by atoms with Crippen LogP contribution in [-0.2, 0) is 23.0 Å². The second-order valence-electron chi connectivity index (χ2n) is 6.06. The molecule has 3 aromatic rings. The van der Waals surface area contributed by atoms with Crippen molar-refractivity contribution in [3.05, 3.63) is 65.0 Å². The van der Waals surface area contributed by atoms with Gasteiger partial charge in [0.15, 0.2) is 4.77 Å². The molecule has 0 saturated carbocycles. The van der Waals surface area contributed by atoms with Gasteiger partial charge in [-0.3, -0.25) is 19.6 Å². The molecule has 0 aliphatic rings. The molecule has 0 aliphatic carbocycles. The quantitative estimate of drug-likeness (QED) is 0.469. The summed E-state index contributed by atoms with van der Waals surface area (Å²) in [6, 6.07) is 8.82. The van der Waals surface area contributed by atoms with E-state index in [9.17, 15) is 13.2 Å². The van der Waals surface area contributed by atoms with Gasteiger partial charge in [0, 0.05) is 37.5 Å². The van der Waals surface area contributed by atoms with Gasteiger partial charge in [0.1, 0.15) is 5.82 Å². The van der Waals surface area contributed by atoms with Crippen molar-refractivity contribution in [2.45, 2.75) is 24.8 Å². The van der Waals surface area contributed by atoms with Crippen LogP contribution in [0.5, 0.6) is 0 Å². The van der Waals surface area contributed by atoms with Gasteiger partial charge in [-0.05, 0) is 55.5 Å². The number of anilines is 1. The summed E-state index contributed by atoms with van der Waals surface area (Å²) in [5, 5.41) is 9.67. The first kappa shape index (κ1) is 20.7. The number of hydrogen-bond acceptors (Lipinski definition) is 6. The first-order chi connectivity index (χ1) is 13.9. The monoisotopic (exact) mass is 432 g/mol. The maximum Gasteiger partial charge on any atom is 0.261 e. The topological polar surface area (TPSA) is 122 Å². The highest BCUT2D eigenvalue weighted by molar-refractivity contribution is 7.92. The number of aromatic amines is 1. The number of pyridine rings is 1. The Bertz CT molecular complexity index is 1140. The van der Waals surface area contributed by atoms with Gasteiger partial charge in [-0.25, -0.2) is 8.42 Å². The molecule has 0 atom stereocenters. The van der Waals surface area contributed by atoms with Crippen molar-refractivity contribution < 1.29 is 13.2 Å². The average Bonchev–Trinajstić information content (AvgIpc) is 3.08. The maximum absolute atomic E-state index is 12.4. The molecule has 0 fully saturated rings. The van der Waals surface area contributed by atoms with Crippen molar-refractivity contribution in [2.75, 3.05) is 11.3 Å². The van der Waals surface area contributed by atoms with E-state index >= 15 is 0 Å². The highest BCUT2D eigenvalue weighted by Crippen LogP contribution is 2.16. The summed E-state index contributed by atoms with van der Waals surface area (Å²) in [6.45, 7) is 3.04. The first-order valence-corrected chi connectivity index (χ1v) is 10.7. The minimum atomic E-state index is -3.75. The molecule has 3 rings (SSSR count). The van der Waals surface area contributed by atoms with Gasteiger partial charge in [0.25, 0.3) is 15.9 Å². The van der Waals surface area contributed by atoms with Crippen LogP contribution in [-0.4, -0.2) is 40.6 Å². The summed E-state index contributed by atoms with van der Waals surface area (Å²) in [5.41, 5.74) is 0.772.